The molecule has 3 aliphatic carbocycles. The molecule has 2 bridgehead atoms. The van der Waals surface area contributed by atoms with Crippen molar-refractivity contribution in [3.05, 3.63) is 47.5 Å². The van der Waals surface area contributed by atoms with Crippen molar-refractivity contribution in [3.63, 3.8) is 0 Å². The smallest absolute Gasteiger partial charge is 0.332 e. The van der Waals surface area contributed by atoms with Crippen LogP contribution in [0.25, 0.3) is 0 Å². The maximum atomic E-state index is 11.9. The van der Waals surface area contributed by atoms with E-state index in [4.69, 9.17) is 14.2 Å². The third-order valence-corrected chi connectivity index (χ3v) is 8.17. The van der Waals surface area contributed by atoms with Crippen LogP contribution in [0.15, 0.2) is 36.4 Å². The zero-order valence-electron chi connectivity index (χ0n) is 19.9. The summed E-state index contributed by atoms with van der Waals surface area (Å²) < 4.78 is 17.1. The molecule has 0 unspecified atom stereocenters. The third-order valence-electron chi connectivity index (χ3n) is 8.17. The fourth-order valence-corrected chi connectivity index (χ4v) is 6.07. The quantitative estimate of drug-likeness (QED) is 0.241. The molecule has 4 fully saturated rings. The molecule has 2 atom stereocenters. The normalized spacial score (nSPS) is 32.3. The topological polar surface area (TPSA) is 44.8 Å². The van der Waals surface area contributed by atoms with E-state index < -0.39 is 6.29 Å². The minimum absolute atomic E-state index is 0.105. The molecule has 32 heavy (non-hydrogen) atoms. The monoisotopic (exact) mass is 440 g/mol. The molecule has 5 rings (SSSR count). The molecule has 0 aromatic heterocycles. The molecular weight excluding hydrogens is 400 g/mol. The maximum Gasteiger partial charge on any atom is 0.332 e. The van der Waals surface area contributed by atoms with Gasteiger partial charge in [-0.05, 0) is 73.3 Å². The van der Waals surface area contributed by atoms with Crippen LogP contribution in [-0.4, -0.2) is 25.5 Å². The van der Waals surface area contributed by atoms with Crippen LogP contribution in [-0.2, 0) is 24.4 Å². The van der Waals surface area contributed by atoms with Crippen LogP contribution < -0.4 is 0 Å². The summed E-state index contributed by atoms with van der Waals surface area (Å²) >= 11 is 0. The van der Waals surface area contributed by atoms with Crippen molar-refractivity contribution in [1.29, 1.82) is 0 Å². The fraction of sp³-hybridized carbons (Fsp3) is 0.679. The number of esters is 1. The molecule has 176 valence electrons. The van der Waals surface area contributed by atoms with Gasteiger partial charge in [0.05, 0.1) is 6.61 Å². The minimum atomic E-state index is -0.624. The minimum Gasteiger partial charge on any atom is -0.430 e. The number of hydrogen-bond donors (Lipinski definition) is 0. The van der Waals surface area contributed by atoms with Gasteiger partial charge in [-0.3, -0.25) is 0 Å². The highest BCUT2D eigenvalue weighted by molar-refractivity contribution is 5.81. The van der Waals surface area contributed by atoms with Crippen LogP contribution in [0, 0.1) is 5.41 Å². The number of rotatable bonds is 9. The van der Waals surface area contributed by atoms with Crippen LogP contribution in [0.5, 0.6) is 0 Å². The van der Waals surface area contributed by atoms with Gasteiger partial charge in [0.2, 0.25) is 6.29 Å². The third kappa shape index (κ3) is 5.28. The molecule has 4 aliphatic rings. The molecule has 1 aromatic rings. The van der Waals surface area contributed by atoms with Crippen LogP contribution in [0.2, 0.25) is 0 Å². The summed E-state index contributed by atoms with van der Waals surface area (Å²) in [7, 11) is 0. The summed E-state index contributed by atoms with van der Waals surface area (Å²) in [5, 5.41) is 0. The molecule has 1 aromatic carbocycles. The van der Waals surface area contributed by atoms with E-state index in [2.05, 4.69) is 38.1 Å². The lowest BCUT2D eigenvalue weighted by Crippen LogP contribution is -2.44. The van der Waals surface area contributed by atoms with Crippen LogP contribution in [0.4, 0.5) is 0 Å². The number of benzene rings is 1. The summed E-state index contributed by atoms with van der Waals surface area (Å²) in [4.78, 5) is 11.9. The van der Waals surface area contributed by atoms with Gasteiger partial charge in [0.25, 0.3) is 0 Å². The number of carbonyl (C=O) groups excluding carboxylic acids is 1. The molecule has 1 saturated heterocycles. The van der Waals surface area contributed by atoms with Crippen LogP contribution in [0.3, 0.4) is 0 Å². The van der Waals surface area contributed by atoms with E-state index in [0.717, 1.165) is 24.8 Å². The van der Waals surface area contributed by atoms with Gasteiger partial charge in [-0.2, -0.15) is 0 Å². The summed E-state index contributed by atoms with van der Waals surface area (Å²) in [6.45, 7) is 5.14. The zero-order valence-corrected chi connectivity index (χ0v) is 19.9. The first-order valence-electron chi connectivity index (χ1n) is 12.8. The number of ether oxygens (including phenoxy) is 3. The first-order chi connectivity index (χ1) is 15.6. The van der Waals surface area contributed by atoms with Crippen molar-refractivity contribution in [2.75, 3.05) is 13.2 Å². The van der Waals surface area contributed by atoms with Gasteiger partial charge in [0, 0.05) is 6.08 Å². The van der Waals surface area contributed by atoms with Crippen molar-refractivity contribution in [2.24, 2.45) is 5.41 Å². The Hall–Kier alpha value is -1.65. The Balaban J connectivity index is 1.27. The average Bonchev–Trinajstić information content (AvgIpc) is 2.84. The molecule has 1 heterocycles. The van der Waals surface area contributed by atoms with Gasteiger partial charge in [-0.1, -0.05) is 63.5 Å². The molecule has 4 nitrogen and oxygen atoms in total. The van der Waals surface area contributed by atoms with Crippen molar-refractivity contribution in [1.82, 2.24) is 0 Å². The first-order valence-corrected chi connectivity index (χ1v) is 12.8. The SMILES string of the molecule is CCCC/C=C/C(=O)O[C@@H]1CO[C@@H](c2ccc(C34CCC(CCC)(CC3)CC4)cc2)CO1. The van der Waals surface area contributed by atoms with E-state index in [9.17, 15) is 4.79 Å². The number of fused-ring (bicyclic) bond motifs is 3. The predicted molar refractivity (Wildman–Crippen MR) is 126 cm³/mol. The summed E-state index contributed by atoms with van der Waals surface area (Å²) in [5.74, 6) is -0.361. The van der Waals surface area contributed by atoms with E-state index in [1.54, 1.807) is 0 Å². The Labute approximate surface area is 193 Å². The van der Waals surface area contributed by atoms with Crippen molar-refractivity contribution in [2.45, 2.75) is 102 Å². The Bertz CT molecular complexity index is 749. The lowest BCUT2D eigenvalue weighted by molar-refractivity contribution is -0.230. The van der Waals surface area contributed by atoms with Crippen LogP contribution in [0.1, 0.15) is 102 Å². The first kappa shape index (κ1) is 23.5. The highest BCUT2D eigenvalue weighted by Crippen LogP contribution is 2.59. The van der Waals surface area contributed by atoms with E-state index >= 15 is 0 Å². The average molecular weight is 441 g/mol. The number of carbonyl (C=O) groups is 1. The van der Waals surface area contributed by atoms with Gasteiger partial charge in [-0.15, -0.1) is 0 Å². The van der Waals surface area contributed by atoms with Gasteiger partial charge >= 0.3 is 5.97 Å². The van der Waals surface area contributed by atoms with Crippen molar-refractivity contribution >= 4 is 5.97 Å². The van der Waals surface area contributed by atoms with E-state index in [1.165, 1.54) is 63.0 Å². The predicted octanol–water partition coefficient (Wildman–Crippen LogP) is 6.78. The maximum absolute atomic E-state index is 11.9. The second kappa shape index (κ2) is 10.5. The highest BCUT2D eigenvalue weighted by atomic mass is 16.7. The zero-order chi connectivity index (χ0) is 22.4. The highest BCUT2D eigenvalue weighted by Gasteiger charge is 2.48. The second-order valence-electron chi connectivity index (χ2n) is 10.2. The van der Waals surface area contributed by atoms with Crippen molar-refractivity contribution in [3.8, 4) is 0 Å². The molecule has 4 heteroatoms. The second-order valence-corrected chi connectivity index (χ2v) is 10.2. The summed E-state index contributed by atoms with van der Waals surface area (Å²) in [6.07, 6.45) is 16.7. The van der Waals surface area contributed by atoms with E-state index in [1.807, 2.05) is 6.08 Å². The van der Waals surface area contributed by atoms with Gasteiger partial charge < -0.3 is 14.2 Å². The molecule has 0 spiro atoms. The lowest BCUT2D eigenvalue weighted by atomic mass is 9.51. The number of hydrogen-bond acceptors (Lipinski definition) is 4. The Morgan fingerprint density at radius 2 is 1.72 bits per heavy atom. The molecule has 0 radical (unpaired) electrons. The van der Waals surface area contributed by atoms with Crippen LogP contribution >= 0.6 is 0 Å². The molecule has 1 aliphatic heterocycles. The van der Waals surface area contributed by atoms with E-state index in [-0.39, 0.29) is 18.7 Å². The Morgan fingerprint density at radius 1 is 1.00 bits per heavy atom. The van der Waals surface area contributed by atoms with E-state index in [0.29, 0.717) is 17.4 Å². The lowest BCUT2D eigenvalue weighted by Gasteiger charge is -2.54. The molecular formula is C28H40O4. The largest absolute Gasteiger partial charge is 0.430 e. The molecule has 0 amide bonds. The summed E-state index contributed by atoms with van der Waals surface area (Å²) in [5.41, 5.74) is 3.68. The van der Waals surface area contributed by atoms with Gasteiger partial charge in [0.1, 0.15) is 12.7 Å². The van der Waals surface area contributed by atoms with Gasteiger partial charge in [-0.25, -0.2) is 4.79 Å². The standard InChI is InChI=1S/C28H40O4/c1-3-5-6-7-8-25(29)32-26-21-30-24(20-31-26)22-9-11-23(12-10-22)28-17-14-27(13-4-2,15-18-28)16-19-28/h7-12,24,26H,3-6,13-21H2,1-2H3/b8-7+/t24-,26-,27?,28?/m1/s1. The Morgan fingerprint density at radius 3 is 2.31 bits per heavy atom. The van der Waals surface area contributed by atoms with Gasteiger partial charge in [0.15, 0.2) is 0 Å². The molecule has 0 N–H and O–H groups in total. The number of unbranched alkanes of at least 4 members (excludes halogenated alkanes) is 2. The summed E-state index contributed by atoms with van der Waals surface area (Å²) in [6, 6.07) is 9.07. The van der Waals surface area contributed by atoms with Crippen molar-refractivity contribution < 1.29 is 19.0 Å². The fourth-order valence-electron chi connectivity index (χ4n) is 6.07. The molecule has 3 saturated carbocycles. The number of allylic oxidation sites excluding steroid dienone is 1. The Kier molecular flexibility index (Phi) is 7.73.